The van der Waals surface area contributed by atoms with Gasteiger partial charge in [0.25, 0.3) is 0 Å². The maximum Gasteiger partial charge on any atom is 0.0541 e. The molecule has 10 aromatic rings. The van der Waals surface area contributed by atoms with Crippen molar-refractivity contribution < 1.29 is 0 Å². The van der Waals surface area contributed by atoms with Crippen LogP contribution in [0.4, 0.5) is 0 Å². The highest BCUT2D eigenvalue weighted by molar-refractivity contribution is 7.26. The van der Waals surface area contributed by atoms with Gasteiger partial charge >= 0.3 is 0 Å². The van der Waals surface area contributed by atoms with Crippen LogP contribution in [-0.4, -0.2) is 9.13 Å². The van der Waals surface area contributed by atoms with Crippen LogP contribution in [0.5, 0.6) is 0 Å². The summed E-state index contributed by atoms with van der Waals surface area (Å²) in [7, 11) is 0. The number of nitrogens with zero attached hydrogens (tertiary/aromatic N) is 2. The summed E-state index contributed by atoms with van der Waals surface area (Å²) in [6, 6.07) is 59.4. The standard InChI is InChI=1S/C44H28N2S/c1-2-13-29(14-3-1)32-20-11-21-36-37-22-12-23-38(44(37)47-43(32)36)39-28-45(40-24-7-4-19-35(39)40)30-15-10-16-31(27-30)46-41-25-8-5-17-33(41)34-18-6-9-26-42(34)46/h1-28H. The first kappa shape index (κ1) is 26.3. The molecule has 7 aromatic carbocycles. The largest absolute Gasteiger partial charge is 0.316 e. The van der Waals surface area contributed by atoms with Gasteiger partial charge in [-0.05, 0) is 47.5 Å². The number of thiophene rings is 1. The van der Waals surface area contributed by atoms with Gasteiger partial charge in [0, 0.05) is 65.0 Å². The van der Waals surface area contributed by atoms with E-state index in [4.69, 9.17) is 0 Å². The molecule has 0 spiro atoms. The molecule has 0 amide bonds. The first-order valence-corrected chi connectivity index (χ1v) is 16.8. The van der Waals surface area contributed by atoms with Crippen LogP contribution in [-0.2, 0) is 0 Å². The van der Waals surface area contributed by atoms with Crippen molar-refractivity contribution >= 4 is 64.2 Å². The van der Waals surface area contributed by atoms with Crippen molar-refractivity contribution in [2.45, 2.75) is 0 Å². The minimum absolute atomic E-state index is 1.14. The predicted octanol–water partition coefficient (Wildman–Crippen LogP) is 12.4. The van der Waals surface area contributed by atoms with E-state index < -0.39 is 0 Å². The molecule has 0 saturated heterocycles. The Balaban J connectivity index is 1.18. The summed E-state index contributed by atoms with van der Waals surface area (Å²) in [4.78, 5) is 0. The lowest BCUT2D eigenvalue weighted by Crippen LogP contribution is -1.97. The highest BCUT2D eigenvalue weighted by Crippen LogP contribution is 2.45. The van der Waals surface area contributed by atoms with Gasteiger partial charge in [0.2, 0.25) is 0 Å². The van der Waals surface area contributed by atoms with Crippen molar-refractivity contribution in [3.8, 4) is 33.6 Å². The predicted molar refractivity (Wildman–Crippen MR) is 201 cm³/mol. The minimum Gasteiger partial charge on any atom is -0.316 e. The number of aromatic nitrogens is 2. The zero-order valence-corrected chi connectivity index (χ0v) is 26.3. The number of benzene rings is 7. The fourth-order valence-electron chi connectivity index (χ4n) is 7.47. The van der Waals surface area contributed by atoms with Gasteiger partial charge in [0.15, 0.2) is 0 Å². The maximum atomic E-state index is 2.39. The van der Waals surface area contributed by atoms with Gasteiger partial charge in [-0.25, -0.2) is 0 Å². The second-order valence-corrected chi connectivity index (χ2v) is 13.2. The summed E-state index contributed by atoms with van der Waals surface area (Å²) >= 11 is 1.91. The molecule has 0 N–H and O–H groups in total. The van der Waals surface area contributed by atoms with Gasteiger partial charge < -0.3 is 9.13 Å². The van der Waals surface area contributed by atoms with Crippen LogP contribution in [0.2, 0.25) is 0 Å². The SMILES string of the molecule is c1ccc(-c2cccc3c2sc2c(-c4cn(-c5cccc(-n6c7ccccc7c7ccccc76)c5)c5ccccc45)cccc23)cc1. The Hall–Kier alpha value is -5.90. The van der Waals surface area contributed by atoms with Crippen LogP contribution >= 0.6 is 11.3 Å². The molecule has 3 heterocycles. The van der Waals surface area contributed by atoms with Crippen molar-refractivity contribution in [2.24, 2.45) is 0 Å². The smallest absolute Gasteiger partial charge is 0.0541 e. The van der Waals surface area contributed by atoms with Crippen molar-refractivity contribution in [3.05, 3.63) is 170 Å². The van der Waals surface area contributed by atoms with Gasteiger partial charge in [0.1, 0.15) is 0 Å². The van der Waals surface area contributed by atoms with Crippen molar-refractivity contribution in [2.75, 3.05) is 0 Å². The van der Waals surface area contributed by atoms with Gasteiger partial charge in [-0.3, -0.25) is 0 Å². The fraction of sp³-hybridized carbons (Fsp3) is 0. The lowest BCUT2D eigenvalue weighted by atomic mass is 10.00. The number of hydrogen-bond donors (Lipinski definition) is 0. The van der Waals surface area contributed by atoms with Gasteiger partial charge in [-0.2, -0.15) is 0 Å². The van der Waals surface area contributed by atoms with Crippen molar-refractivity contribution in [1.29, 1.82) is 0 Å². The monoisotopic (exact) mass is 616 g/mol. The minimum atomic E-state index is 1.14. The van der Waals surface area contributed by atoms with Crippen LogP contribution in [0.3, 0.4) is 0 Å². The molecule has 0 aliphatic heterocycles. The Labute approximate surface area is 276 Å². The summed E-state index contributed by atoms with van der Waals surface area (Å²) in [5.74, 6) is 0. The number of rotatable bonds is 4. The molecule has 3 heteroatoms. The second-order valence-electron chi connectivity index (χ2n) is 12.2. The second kappa shape index (κ2) is 10.3. The average Bonchev–Trinajstić information content (AvgIpc) is 3.82. The maximum absolute atomic E-state index is 2.39. The Morgan fingerprint density at radius 1 is 0.362 bits per heavy atom. The highest BCUT2D eigenvalue weighted by Gasteiger charge is 2.18. The molecule has 0 saturated carbocycles. The summed E-state index contributed by atoms with van der Waals surface area (Å²) < 4.78 is 7.42. The van der Waals surface area contributed by atoms with Crippen LogP contribution in [0.1, 0.15) is 0 Å². The van der Waals surface area contributed by atoms with E-state index in [-0.39, 0.29) is 0 Å². The molecule has 0 radical (unpaired) electrons. The van der Waals surface area contributed by atoms with E-state index in [1.54, 1.807) is 0 Å². The van der Waals surface area contributed by atoms with E-state index in [9.17, 15) is 0 Å². The highest BCUT2D eigenvalue weighted by atomic mass is 32.1. The zero-order valence-electron chi connectivity index (χ0n) is 25.5. The normalized spacial score (nSPS) is 11.8. The summed E-state index contributed by atoms with van der Waals surface area (Å²) in [5, 5.41) is 6.42. The fourth-order valence-corrected chi connectivity index (χ4v) is 8.83. The van der Waals surface area contributed by atoms with Crippen LogP contribution < -0.4 is 0 Å². The Morgan fingerprint density at radius 2 is 0.894 bits per heavy atom. The summed E-state index contributed by atoms with van der Waals surface area (Å²) in [6.45, 7) is 0. The molecule has 2 nitrogen and oxygen atoms in total. The first-order valence-electron chi connectivity index (χ1n) is 16.0. The van der Waals surface area contributed by atoms with Crippen LogP contribution in [0.25, 0.3) is 86.5 Å². The number of hydrogen-bond acceptors (Lipinski definition) is 1. The topological polar surface area (TPSA) is 9.86 Å². The lowest BCUT2D eigenvalue weighted by molar-refractivity contribution is 1.10. The molecule has 0 atom stereocenters. The molecule has 47 heavy (non-hydrogen) atoms. The molecule has 220 valence electrons. The molecule has 0 fully saturated rings. The third kappa shape index (κ3) is 3.97. The molecule has 0 bridgehead atoms. The first-order chi connectivity index (χ1) is 23.3. The molecule has 10 rings (SSSR count). The van der Waals surface area contributed by atoms with Crippen molar-refractivity contribution in [1.82, 2.24) is 9.13 Å². The molecular weight excluding hydrogens is 589 g/mol. The average molecular weight is 617 g/mol. The van der Waals surface area contributed by atoms with E-state index in [0.29, 0.717) is 0 Å². The molecular formula is C44H28N2S. The molecule has 0 aliphatic rings. The summed E-state index contributed by atoms with van der Waals surface area (Å²) in [5.41, 5.74) is 11.0. The zero-order chi connectivity index (χ0) is 30.9. The van der Waals surface area contributed by atoms with Crippen LogP contribution in [0, 0.1) is 0 Å². The summed E-state index contributed by atoms with van der Waals surface area (Å²) in [6.07, 6.45) is 2.34. The molecule has 0 unspecified atom stereocenters. The number of para-hydroxylation sites is 3. The van der Waals surface area contributed by atoms with E-state index >= 15 is 0 Å². The van der Waals surface area contributed by atoms with Gasteiger partial charge in [0.05, 0.1) is 16.6 Å². The third-order valence-electron chi connectivity index (χ3n) is 9.56. The molecule has 0 aliphatic carbocycles. The van der Waals surface area contributed by atoms with E-state index in [2.05, 4.69) is 179 Å². The quantitative estimate of drug-likeness (QED) is 0.186. The molecule has 3 aromatic heterocycles. The van der Waals surface area contributed by atoms with Gasteiger partial charge in [-0.15, -0.1) is 11.3 Å². The van der Waals surface area contributed by atoms with E-state index in [0.717, 1.165) is 11.4 Å². The lowest BCUT2D eigenvalue weighted by Gasteiger charge is -2.11. The Bertz CT molecular complexity index is 2740. The van der Waals surface area contributed by atoms with E-state index in [1.807, 2.05) is 11.3 Å². The van der Waals surface area contributed by atoms with Crippen molar-refractivity contribution in [3.63, 3.8) is 0 Å². The Kier molecular flexibility index (Phi) is 5.78. The van der Waals surface area contributed by atoms with E-state index in [1.165, 1.54) is 75.1 Å². The third-order valence-corrected chi connectivity index (χ3v) is 10.8. The van der Waals surface area contributed by atoms with Crippen LogP contribution in [0.15, 0.2) is 170 Å². The number of fused-ring (bicyclic) bond motifs is 7. The van der Waals surface area contributed by atoms with Gasteiger partial charge in [-0.1, -0.05) is 127 Å². The Morgan fingerprint density at radius 3 is 1.62 bits per heavy atom.